The molecule has 2 aromatic heterocycles. The molecule has 7 nitrogen and oxygen atoms in total. The van der Waals surface area contributed by atoms with Crippen molar-refractivity contribution in [3.8, 4) is 11.5 Å². The first-order chi connectivity index (χ1) is 13.3. The fourth-order valence-electron chi connectivity index (χ4n) is 3.29. The van der Waals surface area contributed by atoms with E-state index in [1.165, 1.54) is 6.26 Å². The zero-order chi connectivity index (χ0) is 19.9. The van der Waals surface area contributed by atoms with Crippen LogP contribution < -0.4 is 5.32 Å². The maximum absolute atomic E-state index is 12.8. The Morgan fingerprint density at radius 2 is 2.14 bits per heavy atom. The number of amides is 1. The zero-order valence-electron chi connectivity index (χ0n) is 15.1. The van der Waals surface area contributed by atoms with E-state index in [0.29, 0.717) is 28.6 Å². The molecule has 1 aromatic carbocycles. The molecule has 4 rings (SSSR count). The first-order valence-electron chi connectivity index (χ1n) is 8.74. The lowest BCUT2D eigenvalue weighted by molar-refractivity contribution is 0.102. The summed E-state index contributed by atoms with van der Waals surface area (Å²) in [5.74, 6) is 0.224. The van der Waals surface area contributed by atoms with Gasteiger partial charge in [0.15, 0.2) is 21.3 Å². The molecular weight excluding hydrogens is 402 g/mol. The Kier molecular flexibility index (Phi) is 4.76. The lowest BCUT2D eigenvalue weighted by atomic mass is 10.2. The van der Waals surface area contributed by atoms with Crippen molar-refractivity contribution in [1.29, 1.82) is 0 Å². The number of nitrogens with one attached hydrogen (secondary N) is 1. The average molecular weight is 420 g/mol. The molecule has 1 amide bonds. The number of carbonyl (C=O) groups is 1. The van der Waals surface area contributed by atoms with Crippen LogP contribution in [0.1, 0.15) is 28.5 Å². The largest absolute Gasteiger partial charge is 0.463 e. The Labute approximate surface area is 167 Å². The highest BCUT2D eigenvalue weighted by Crippen LogP contribution is 2.31. The van der Waals surface area contributed by atoms with Gasteiger partial charge in [-0.25, -0.2) is 8.42 Å². The van der Waals surface area contributed by atoms with Crippen LogP contribution in [0.15, 0.2) is 47.1 Å². The minimum Gasteiger partial charge on any atom is -0.463 e. The van der Waals surface area contributed by atoms with E-state index in [1.54, 1.807) is 41.1 Å². The molecule has 0 radical (unpaired) electrons. The molecule has 0 saturated carbocycles. The summed E-state index contributed by atoms with van der Waals surface area (Å²) in [6.07, 6.45) is 1.97. The van der Waals surface area contributed by atoms with E-state index in [-0.39, 0.29) is 23.2 Å². The number of halogens is 1. The Bertz CT molecular complexity index is 1140. The lowest BCUT2D eigenvalue weighted by Gasteiger charge is -2.11. The molecule has 1 aliphatic rings. The van der Waals surface area contributed by atoms with Crippen LogP contribution in [0.3, 0.4) is 0 Å². The van der Waals surface area contributed by atoms with Gasteiger partial charge in [0.25, 0.3) is 5.91 Å². The topological polar surface area (TPSA) is 94.2 Å². The average Bonchev–Trinajstić information content (AvgIpc) is 3.37. The van der Waals surface area contributed by atoms with Crippen LogP contribution in [0.4, 0.5) is 5.69 Å². The molecule has 1 saturated heterocycles. The Hall–Kier alpha value is -2.58. The van der Waals surface area contributed by atoms with E-state index in [1.807, 2.05) is 6.92 Å². The SMILES string of the molecule is Cc1c(Cl)cccc1NC(=O)c1cc(-c2ccco2)n(C2CCS(=O)(=O)C2)n1. The maximum atomic E-state index is 12.8. The van der Waals surface area contributed by atoms with Gasteiger partial charge < -0.3 is 9.73 Å². The van der Waals surface area contributed by atoms with Gasteiger partial charge in [0.1, 0.15) is 5.69 Å². The molecule has 0 bridgehead atoms. The Balaban J connectivity index is 1.69. The van der Waals surface area contributed by atoms with Crippen LogP contribution in [0.25, 0.3) is 11.5 Å². The summed E-state index contributed by atoms with van der Waals surface area (Å²) in [6, 6.07) is 10.0. The molecule has 1 N–H and O–H groups in total. The highest BCUT2D eigenvalue weighted by Gasteiger charge is 2.32. The summed E-state index contributed by atoms with van der Waals surface area (Å²) in [7, 11) is -3.11. The summed E-state index contributed by atoms with van der Waals surface area (Å²) in [5, 5.41) is 7.77. The molecule has 0 aliphatic carbocycles. The van der Waals surface area contributed by atoms with E-state index in [0.717, 1.165) is 5.56 Å². The van der Waals surface area contributed by atoms with Gasteiger partial charge in [0.05, 0.1) is 23.8 Å². The molecule has 28 heavy (non-hydrogen) atoms. The molecule has 1 atom stereocenters. The van der Waals surface area contributed by atoms with Gasteiger partial charge >= 0.3 is 0 Å². The second-order valence-corrected chi connectivity index (χ2v) is 9.40. The van der Waals surface area contributed by atoms with Gasteiger partial charge in [-0.15, -0.1) is 0 Å². The van der Waals surface area contributed by atoms with Crippen molar-refractivity contribution >= 4 is 33.0 Å². The Morgan fingerprint density at radius 3 is 2.82 bits per heavy atom. The van der Waals surface area contributed by atoms with Crippen molar-refractivity contribution in [2.24, 2.45) is 0 Å². The predicted molar refractivity (Wildman–Crippen MR) is 106 cm³/mol. The van der Waals surface area contributed by atoms with Crippen molar-refractivity contribution in [1.82, 2.24) is 9.78 Å². The van der Waals surface area contributed by atoms with Crippen molar-refractivity contribution in [2.45, 2.75) is 19.4 Å². The molecule has 1 aliphatic heterocycles. The number of nitrogens with zero attached hydrogens (tertiary/aromatic N) is 2. The van der Waals surface area contributed by atoms with E-state index in [4.69, 9.17) is 16.0 Å². The summed E-state index contributed by atoms with van der Waals surface area (Å²) in [5.41, 5.74) is 2.09. The van der Waals surface area contributed by atoms with Crippen molar-refractivity contribution in [2.75, 3.05) is 16.8 Å². The molecule has 1 fully saturated rings. The van der Waals surface area contributed by atoms with Crippen LogP contribution >= 0.6 is 11.6 Å². The van der Waals surface area contributed by atoms with Crippen molar-refractivity contribution in [3.63, 3.8) is 0 Å². The number of furan rings is 1. The number of carbonyl (C=O) groups excluding carboxylic acids is 1. The smallest absolute Gasteiger partial charge is 0.276 e. The van der Waals surface area contributed by atoms with E-state index >= 15 is 0 Å². The van der Waals surface area contributed by atoms with Gasteiger partial charge in [0.2, 0.25) is 0 Å². The summed E-state index contributed by atoms with van der Waals surface area (Å²) >= 11 is 6.11. The fourth-order valence-corrected chi connectivity index (χ4v) is 5.16. The quantitative estimate of drug-likeness (QED) is 0.695. The van der Waals surface area contributed by atoms with Crippen LogP contribution in [-0.2, 0) is 9.84 Å². The first kappa shape index (κ1) is 18.8. The zero-order valence-corrected chi connectivity index (χ0v) is 16.6. The highest BCUT2D eigenvalue weighted by molar-refractivity contribution is 7.91. The predicted octanol–water partition coefficient (Wildman–Crippen LogP) is 3.72. The molecule has 3 aromatic rings. The number of aromatic nitrogens is 2. The van der Waals surface area contributed by atoms with Gasteiger partial charge in [-0.1, -0.05) is 17.7 Å². The molecule has 146 valence electrons. The minimum absolute atomic E-state index is 0.00313. The molecule has 9 heteroatoms. The number of sulfone groups is 1. The van der Waals surface area contributed by atoms with Crippen LogP contribution in [0.2, 0.25) is 5.02 Å². The van der Waals surface area contributed by atoms with Crippen LogP contribution in [0.5, 0.6) is 0 Å². The van der Waals surface area contributed by atoms with Gasteiger partial charge in [-0.05, 0) is 43.2 Å². The van der Waals surface area contributed by atoms with Crippen LogP contribution in [-0.4, -0.2) is 35.6 Å². The third-order valence-electron chi connectivity index (χ3n) is 4.81. The van der Waals surface area contributed by atoms with E-state index < -0.39 is 15.7 Å². The van der Waals surface area contributed by atoms with Gasteiger partial charge in [-0.3, -0.25) is 9.48 Å². The van der Waals surface area contributed by atoms with Crippen LogP contribution in [0, 0.1) is 6.92 Å². The maximum Gasteiger partial charge on any atom is 0.276 e. The molecule has 0 spiro atoms. The first-order valence-corrected chi connectivity index (χ1v) is 10.9. The second-order valence-electron chi connectivity index (χ2n) is 6.76. The second kappa shape index (κ2) is 7.10. The number of rotatable bonds is 4. The molecule has 3 heterocycles. The van der Waals surface area contributed by atoms with Crippen molar-refractivity contribution in [3.05, 3.63) is 58.9 Å². The number of hydrogen-bond donors (Lipinski definition) is 1. The third-order valence-corrected chi connectivity index (χ3v) is 6.97. The fraction of sp³-hybridized carbons (Fsp3) is 0.263. The molecular formula is C19H18ClN3O4S. The summed E-state index contributed by atoms with van der Waals surface area (Å²) in [4.78, 5) is 12.8. The summed E-state index contributed by atoms with van der Waals surface area (Å²) < 4.78 is 30.9. The third kappa shape index (κ3) is 3.57. The standard InChI is InChI=1S/C19H18ClN3O4S/c1-12-14(20)4-2-5-15(12)21-19(24)16-10-17(18-6-3-8-27-18)23(22-16)13-7-9-28(25,26)11-13/h2-6,8,10,13H,7,9,11H2,1H3,(H,21,24). The minimum atomic E-state index is -3.11. The van der Waals surface area contributed by atoms with Gasteiger partial charge in [-0.2, -0.15) is 5.10 Å². The lowest BCUT2D eigenvalue weighted by Crippen LogP contribution is -2.17. The van der Waals surface area contributed by atoms with Gasteiger partial charge in [0, 0.05) is 16.8 Å². The summed E-state index contributed by atoms with van der Waals surface area (Å²) in [6.45, 7) is 1.81. The number of benzene rings is 1. The van der Waals surface area contributed by atoms with Crippen molar-refractivity contribution < 1.29 is 17.6 Å². The van der Waals surface area contributed by atoms with E-state index in [2.05, 4.69) is 10.4 Å². The number of hydrogen-bond acceptors (Lipinski definition) is 5. The van der Waals surface area contributed by atoms with E-state index in [9.17, 15) is 13.2 Å². The monoisotopic (exact) mass is 419 g/mol. The number of anilines is 1. The Morgan fingerprint density at radius 1 is 1.32 bits per heavy atom. The highest BCUT2D eigenvalue weighted by atomic mass is 35.5. The normalized spacial score (nSPS) is 18.3. The molecule has 1 unspecified atom stereocenters.